The molecule has 0 radical (unpaired) electrons. The average molecular weight is 501 g/mol. The maximum atomic E-state index is 12.6. The molecule has 37 heavy (non-hydrogen) atoms. The number of fused-ring (bicyclic) bond motifs is 1. The summed E-state index contributed by atoms with van der Waals surface area (Å²) in [5.41, 5.74) is 2.93. The van der Waals surface area contributed by atoms with Crippen molar-refractivity contribution in [3.05, 3.63) is 106 Å². The number of amides is 1. The lowest BCUT2D eigenvalue weighted by atomic mass is 10.0. The molecule has 0 aliphatic carbocycles. The summed E-state index contributed by atoms with van der Waals surface area (Å²) in [6.45, 7) is 3.93. The third-order valence-corrected chi connectivity index (χ3v) is 6.48. The quantitative estimate of drug-likeness (QED) is 0.331. The van der Waals surface area contributed by atoms with Gasteiger partial charge in [0, 0.05) is 24.4 Å². The van der Waals surface area contributed by atoms with Crippen LogP contribution in [-0.4, -0.2) is 40.6 Å². The molecular weight excluding hydrogens is 468 g/mol. The Morgan fingerprint density at radius 1 is 0.973 bits per heavy atom. The van der Waals surface area contributed by atoms with E-state index in [4.69, 9.17) is 9.47 Å². The number of hydrogen-bond donors (Lipinski definition) is 2. The molecule has 3 aromatic carbocycles. The number of aliphatic hydroxyl groups excluding tert-OH is 1. The maximum Gasteiger partial charge on any atom is 0.248 e. The number of aromatic amines is 1. The molecule has 0 saturated heterocycles. The molecule has 1 amide bonds. The number of pyridine rings is 1. The van der Waals surface area contributed by atoms with Crippen molar-refractivity contribution < 1.29 is 19.4 Å². The summed E-state index contributed by atoms with van der Waals surface area (Å²) in [6.07, 6.45) is -0.324. The van der Waals surface area contributed by atoms with Crippen LogP contribution in [0.15, 0.2) is 83.7 Å². The Labute approximate surface area is 216 Å². The van der Waals surface area contributed by atoms with Gasteiger partial charge < -0.3 is 24.5 Å². The molecule has 7 heteroatoms. The van der Waals surface area contributed by atoms with Crippen LogP contribution in [0, 0.1) is 0 Å². The Kier molecular flexibility index (Phi) is 8.25. The van der Waals surface area contributed by atoms with Gasteiger partial charge in [0.1, 0.15) is 18.1 Å². The Balaban J connectivity index is 1.55. The molecule has 0 bridgehead atoms. The molecule has 2 atom stereocenters. The summed E-state index contributed by atoms with van der Waals surface area (Å²) < 4.78 is 11.2. The van der Waals surface area contributed by atoms with E-state index in [0.717, 1.165) is 16.9 Å². The summed E-state index contributed by atoms with van der Waals surface area (Å²) in [5.74, 6) is 1.17. The lowest BCUT2D eigenvalue weighted by Gasteiger charge is -2.31. The first-order chi connectivity index (χ1) is 17.9. The Morgan fingerprint density at radius 3 is 2.38 bits per heavy atom. The average Bonchev–Trinajstić information content (AvgIpc) is 2.90. The molecule has 1 aromatic heterocycles. The van der Waals surface area contributed by atoms with Crippen molar-refractivity contribution in [3.8, 4) is 11.5 Å². The fourth-order valence-corrected chi connectivity index (χ4v) is 4.51. The molecule has 1 heterocycles. The number of ether oxygens (including phenoxy) is 2. The van der Waals surface area contributed by atoms with Crippen molar-refractivity contribution in [2.75, 3.05) is 13.7 Å². The highest BCUT2D eigenvalue weighted by Gasteiger charge is 2.23. The fourth-order valence-electron chi connectivity index (χ4n) is 4.51. The van der Waals surface area contributed by atoms with Gasteiger partial charge in [0.2, 0.25) is 11.5 Å². The summed E-state index contributed by atoms with van der Waals surface area (Å²) in [4.78, 5) is 29.2. The molecule has 4 rings (SSSR count). The van der Waals surface area contributed by atoms with E-state index >= 15 is 0 Å². The molecule has 192 valence electrons. The number of methoxy groups -OCH3 is 1. The number of aromatic nitrogens is 1. The molecule has 7 nitrogen and oxygen atoms in total. The van der Waals surface area contributed by atoms with Crippen LogP contribution in [0.25, 0.3) is 10.9 Å². The maximum absolute atomic E-state index is 12.6. The van der Waals surface area contributed by atoms with Gasteiger partial charge in [-0.15, -0.1) is 0 Å². The summed E-state index contributed by atoms with van der Waals surface area (Å²) >= 11 is 0. The minimum absolute atomic E-state index is 0.116. The van der Waals surface area contributed by atoms with Crippen LogP contribution in [0.1, 0.15) is 36.6 Å². The van der Waals surface area contributed by atoms with E-state index < -0.39 is 6.10 Å². The Morgan fingerprint density at radius 2 is 1.70 bits per heavy atom. The number of nitrogens with zero attached hydrogens (tertiary/aromatic N) is 1. The Bertz CT molecular complexity index is 1400. The molecule has 0 saturated carbocycles. The van der Waals surface area contributed by atoms with Crippen molar-refractivity contribution in [1.29, 1.82) is 0 Å². The minimum atomic E-state index is -0.959. The number of nitrogens with one attached hydrogen (secondary N) is 1. The van der Waals surface area contributed by atoms with Crippen LogP contribution < -0.4 is 15.0 Å². The lowest BCUT2D eigenvalue weighted by Crippen LogP contribution is -2.41. The molecule has 1 unspecified atom stereocenters. The SMILES string of the molecule is COc1ccc(C[C@H](C)N(CC(O)c2ccc(OCc3ccccc3)c3[nH]c(=O)ccc23)C(C)=O)cc1. The van der Waals surface area contributed by atoms with Gasteiger partial charge in [0.05, 0.1) is 25.3 Å². The van der Waals surface area contributed by atoms with Crippen molar-refractivity contribution in [1.82, 2.24) is 9.88 Å². The predicted octanol–water partition coefficient (Wildman–Crippen LogP) is 4.63. The van der Waals surface area contributed by atoms with E-state index in [2.05, 4.69) is 4.98 Å². The summed E-state index contributed by atoms with van der Waals surface area (Å²) in [5, 5.41) is 11.9. The van der Waals surface area contributed by atoms with Crippen LogP contribution in [0.4, 0.5) is 0 Å². The first kappa shape index (κ1) is 26.0. The third kappa shape index (κ3) is 6.37. The number of carbonyl (C=O) groups is 1. The molecule has 2 N–H and O–H groups in total. The summed E-state index contributed by atoms with van der Waals surface area (Å²) in [7, 11) is 1.62. The van der Waals surface area contributed by atoms with Crippen molar-refractivity contribution in [2.45, 2.75) is 39.0 Å². The standard InChI is InChI=1S/C30H32N2O5/c1-20(17-22-9-11-24(36-3)12-10-22)32(21(2)33)18-27(34)25-13-15-28(30-26(25)14-16-29(35)31-30)37-19-23-7-5-4-6-8-23/h4-16,20,27,34H,17-19H2,1-3H3,(H,31,35)/t20-,27?/m0/s1. The fraction of sp³-hybridized carbons (Fsp3) is 0.267. The number of aliphatic hydroxyl groups is 1. The lowest BCUT2D eigenvalue weighted by molar-refractivity contribution is -0.132. The Hall–Kier alpha value is -4.10. The van der Waals surface area contributed by atoms with E-state index in [1.165, 1.54) is 13.0 Å². The largest absolute Gasteiger partial charge is 0.497 e. The second kappa shape index (κ2) is 11.8. The van der Waals surface area contributed by atoms with Gasteiger partial charge in [0.15, 0.2) is 0 Å². The molecule has 0 aliphatic heterocycles. The topological polar surface area (TPSA) is 91.9 Å². The van der Waals surface area contributed by atoms with Gasteiger partial charge in [-0.3, -0.25) is 9.59 Å². The van der Waals surface area contributed by atoms with E-state index in [1.54, 1.807) is 30.2 Å². The van der Waals surface area contributed by atoms with E-state index in [1.807, 2.05) is 61.5 Å². The zero-order chi connectivity index (χ0) is 26.4. The zero-order valence-corrected chi connectivity index (χ0v) is 21.3. The third-order valence-electron chi connectivity index (χ3n) is 6.48. The van der Waals surface area contributed by atoms with Gasteiger partial charge in [-0.25, -0.2) is 0 Å². The first-order valence-electron chi connectivity index (χ1n) is 12.3. The summed E-state index contributed by atoms with van der Waals surface area (Å²) in [6, 6.07) is 24.0. The normalized spacial score (nSPS) is 12.6. The van der Waals surface area contributed by atoms with E-state index in [9.17, 15) is 14.7 Å². The molecular formula is C30H32N2O5. The molecule has 0 spiro atoms. The van der Waals surface area contributed by atoms with Crippen LogP contribution in [0.3, 0.4) is 0 Å². The van der Waals surface area contributed by atoms with Crippen LogP contribution in [0.2, 0.25) is 0 Å². The number of benzene rings is 3. The molecule has 0 aliphatic rings. The highest BCUT2D eigenvalue weighted by atomic mass is 16.5. The van der Waals surface area contributed by atoms with Gasteiger partial charge in [0.25, 0.3) is 0 Å². The molecule has 4 aromatic rings. The number of rotatable bonds is 10. The van der Waals surface area contributed by atoms with Gasteiger partial charge in [-0.05, 0) is 54.3 Å². The minimum Gasteiger partial charge on any atom is -0.497 e. The van der Waals surface area contributed by atoms with Crippen molar-refractivity contribution in [3.63, 3.8) is 0 Å². The highest BCUT2D eigenvalue weighted by molar-refractivity contribution is 5.88. The van der Waals surface area contributed by atoms with E-state index in [0.29, 0.717) is 35.2 Å². The monoisotopic (exact) mass is 500 g/mol. The smallest absolute Gasteiger partial charge is 0.248 e. The first-order valence-corrected chi connectivity index (χ1v) is 12.3. The van der Waals surface area contributed by atoms with Gasteiger partial charge in [-0.2, -0.15) is 0 Å². The van der Waals surface area contributed by atoms with Gasteiger partial charge in [-0.1, -0.05) is 48.5 Å². The number of carbonyl (C=O) groups excluding carboxylic acids is 1. The zero-order valence-electron chi connectivity index (χ0n) is 21.3. The highest BCUT2D eigenvalue weighted by Crippen LogP contribution is 2.31. The van der Waals surface area contributed by atoms with Crippen molar-refractivity contribution in [2.24, 2.45) is 0 Å². The van der Waals surface area contributed by atoms with Crippen LogP contribution in [0.5, 0.6) is 11.5 Å². The number of hydrogen-bond acceptors (Lipinski definition) is 5. The van der Waals surface area contributed by atoms with Crippen molar-refractivity contribution >= 4 is 16.8 Å². The second-order valence-corrected chi connectivity index (χ2v) is 9.13. The predicted molar refractivity (Wildman–Crippen MR) is 144 cm³/mol. The molecule has 0 fully saturated rings. The van der Waals surface area contributed by atoms with Crippen LogP contribution >= 0.6 is 0 Å². The van der Waals surface area contributed by atoms with E-state index in [-0.39, 0.29) is 24.1 Å². The number of H-pyrrole nitrogens is 1. The van der Waals surface area contributed by atoms with Crippen LogP contribution in [-0.2, 0) is 17.8 Å². The second-order valence-electron chi connectivity index (χ2n) is 9.13. The van der Waals surface area contributed by atoms with Gasteiger partial charge >= 0.3 is 0 Å².